The molecule has 1 aliphatic rings. The van der Waals surface area contributed by atoms with Gasteiger partial charge in [-0.25, -0.2) is 0 Å². The van der Waals surface area contributed by atoms with Crippen LogP contribution in [0.15, 0.2) is 23.1 Å². The van der Waals surface area contributed by atoms with Gasteiger partial charge in [-0.15, -0.1) is 11.8 Å². The lowest BCUT2D eigenvalue weighted by Crippen LogP contribution is -2.32. The monoisotopic (exact) mass is 292 g/mol. The van der Waals surface area contributed by atoms with Crippen LogP contribution in [0.1, 0.15) is 37.0 Å². The Labute approximate surface area is 123 Å². The van der Waals surface area contributed by atoms with Crippen LogP contribution in [-0.2, 0) is 4.79 Å². The van der Waals surface area contributed by atoms with Crippen molar-refractivity contribution >= 4 is 29.3 Å². The minimum absolute atomic E-state index is 0.00886. The Morgan fingerprint density at radius 2 is 2.20 bits per heavy atom. The first kappa shape index (κ1) is 14.9. The molecule has 108 valence electrons. The number of hydrogen-bond donors (Lipinski definition) is 1. The first-order valence-corrected chi connectivity index (χ1v) is 8.00. The molecule has 0 radical (unpaired) electrons. The van der Waals surface area contributed by atoms with Gasteiger partial charge in [-0.2, -0.15) is 0 Å². The molecule has 1 aromatic carbocycles. The van der Waals surface area contributed by atoms with Crippen molar-refractivity contribution in [1.29, 1.82) is 0 Å². The third-order valence-corrected chi connectivity index (χ3v) is 4.38. The number of unbranched alkanes of at least 4 members (excludes halogenated alkanes) is 1. The molecule has 20 heavy (non-hydrogen) atoms. The molecule has 0 fully saturated rings. The largest absolute Gasteiger partial charge is 0.339 e. The van der Waals surface area contributed by atoms with Gasteiger partial charge in [-0.05, 0) is 31.5 Å². The minimum atomic E-state index is -0.00886. The Bertz CT molecular complexity index is 517. The van der Waals surface area contributed by atoms with Gasteiger partial charge < -0.3 is 10.2 Å². The van der Waals surface area contributed by atoms with Crippen LogP contribution in [0.5, 0.6) is 0 Å². The van der Waals surface area contributed by atoms with E-state index in [0.717, 1.165) is 30.0 Å². The Kier molecular flexibility index (Phi) is 5.06. The quantitative estimate of drug-likeness (QED) is 0.907. The topological polar surface area (TPSA) is 49.4 Å². The van der Waals surface area contributed by atoms with Crippen LogP contribution < -0.4 is 5.32 Å². The standard InChI is InChI=1S/C15H20N2O2S/c1-3-5-8-17(4-2)15(19)11-6-7-13-12(9-11)16-14(18)10-20-13/h6-7,9H,3-5,8,10H2,1-2H3,(H,16,18). The summed E-state index contributed by atoms with van der Waals surface area (Å²) in [5.41, 5.74) is 1.40. The number of carbonyl (C=O) groups excluding carboxylic acids is 2. The highest BCUT2D eigenvalue weighted by atomic mass is 32.2. The average molecular weight is 292 g/mol. The van der Waals surface area contributed by atoms with Crippen molar-refractivity contribution in [3.05, 3.63) is 23.8 Å². The maximum Gasteiger partial charge on any atom is 0.253 e. The summed E-state index contributed by atoms with van der Waals surface area (Å²) in [5, 5.41) is 2.82. The number of benzene rings is 1. The number of fused-ring (bicyclic) bond motifs is 1. The van der Waals surface area contributed by atoms with E-state index in [-0.39, 0.29) is 11.8 Å². The Morgan fingerprint density at radius 1 is 1.40 bits per heavy atom. The molecular weight excluding hydrogens is 272 g/mol. The lowest BCUT2D eigenvalue weighted by atomic mass is 10.1. The van der Waals surface area contributed by atoms with Crippen molar-refractivity contribution in [2.45, 2.75) is 31.6 Å². The average Bonchev–Trinajstić information content (AvgIpc) is 2.47. The third kappa shape index (κ3) is 3.33. The van der Waals surface area contributed by atoms with E-state index >= 15 is 0 Å². The SMILES string of the molecule is CCCCN(CC)C(=O)c1ccc2c(c1)NC(=O)CS2. The maximum absolute atomic E-state index is 12.5. The number of rotatable bonds is 5. The van der Waals surface area contributed by atoms with Crippen LogP contribution in [0.2, 0.25) is 0 Å². The smallest absolute Gasteiger partial charge is 0.253 e. The molecule has 0 saturated heterocycles. The molecular formula is C15H20N2O2S. The van der Waals surface area contributed by atoms with Gasteiger partial charge in [0.05, 0.1) is 11.4 Å². The van der Waals surface area contributed by atoms with Crippen molar-refractivity contribution in [2.75, 3.05) is 24.2 Å². The molecule has 1 aliphatic heterocycles. The lowest BCUT2D eigenvalue weighted by molar-refractivity contribution is -0.113. The molecule has 5 heteroatoms. The predicted molar refractivity (Wildman–Crippen MR) is 82.3 cm³/mol. The number of nitrogens with zero attached hydrogens (tertiary/aromatic N) is 1. The fraction of sp³-hybridized carbons (Fsp3) is 0.467. The number of nitrogens with one attached hydrogen (secondary N) is 1. The highest BCUT2D eigenvalue weighted by Crippen LogP contribution is 2.32. The summed E-state index contributed by atoms with van der Waals surface area (Å²) in [6.45, 7) is 5.59. The molecule has 0 bridgehead atoms. The number of hydrogen-bond acceptors (Lipinski definition) is 3. The second kappa shape index (κ2) is 6.79. The Morgan fingerprint density at radius 3 is 2.90 bits per heavy atom. The normalized spacial score (nSPS) is 13.6. The van der Waals surface area contributed by atoms with E-state index in [4.69, 9.17) is 0 Å². The van der Waals surface area contributed by atoms with Crippen LogP contribution in [0.25, 0.3) is 0 Å². The molecule has 1 N–H and O–H groups in total. The van der Waals surface area contributed by atoms with Crippen molar-refractivity contribution in [2.24, 2.45) is 0 Å². The predicted octanol–water partition coefficient (Wildman–Crippen LogP) is 2.99. The number of amides is 2. The molecule has 0 atom stereocenters. The van der Waals surface area contributed by atoms with Gasteiger partial charge in [0, 0.05) is 23.5 Å². The van der Waals surface area contributed by atoms with E-state index in [1.165, 1.54) is 11.8 Å². The van der Waals surface area contributed by atoms with E-state index in [9.17, 15) is 9.59 Å². The van der Waals surface area contributed by atoms with Crippen LogP contribution >= 0.6 is 11.8 Å². The van der Waals surface area contributed by atoms with Crippen molar-refractivity contribution in [3.63, 3.8) is 0 Å². The van der Waals surface area contributed by atoms with Crippen molar-refractivity contribution < 1.29 is 9.59 Å². The number of thioether (sulfide) groups is 1. The fourth-order valence-corrected chi connectivity index (χ4v) is 2.94. The van der Waals surface area contributed by atoms with E-state index in [2.05, 4.69) is 12.2 Å². The molecule has 1 heterocycles. The van der Waals surface area contributed by atoms with Gasteiger partial charge in [0.25, 0.3) is 5.91 Å². The third-order valence-electron chi connectivity index (χ3n) is 3.31. The van der Waals surface area contributed by atoms with Crippen molar-refractivity contribution in [1.82, 2.24) is 4.90 Å². The summed E-state index contributed by atoms with van der Waals surface area (Å²) in [6.07, 6.45) is 2.08. The van der Waals surface area contributed by atoms with E-state index < -0.39 is 0 Å². The molecule has 0 aromatic heterocycles. The van der Waals surface area contributed by atoms with Gasteiger partial charge in [0.1, 0.15) is 0 Å². The zero-order valence-electron chi connectivity index (χ0n) is 11.9. The zero-order chi connectivity index (χ0) is 14.5. The summed E-state index contributed by atoms with van der Waals surface area (Å²) < 4.78 is 0. The summed E-state index contributed by atoms with van der Waals surface area (Å²) in [5.74, 6) is 0.469. The molecule has 1 aromatic rings. The van der Waals surface area contributed by atoms with Gasteiger partial charge in [-0.3, -0.25) is 9.59 Å². The molecule has 2 amide bonds. The summed E-state index contributed by atoms with van der Waals surface area (Å²) in [6, 6.07) is 5.55. The van der Waals surface area contributed by atoms with Crippen LogP contribution in [0, 0.1) is 0 Å². The Hall–Kier alpha value is -1.49. The first-order chi connectivity index (χ1) is 9.65. The van der Waals surface area contributed by atoms with Crippen LogP contribution in [-0.4, -0.2) is 35.6 Å². The minimum Gasteiger partial charge on any atom is -0.339 e. The Balaban J connectivity index is 2.17. The molecule has 0 spiro atoms. The van der Waals surface area contributed by atoms with E-state index in [0.29, 0.717) is 17.9 Å². The first-order valence-electron chi connectivity index (χ1n) is 7.01. The van der Waals surface area contributed by atoms with Crippen LogP contribution in [0.3, 0.4) is 0 Å². The second-order valence-corrected chi connectivity index (χ2v) is 5.80. The zero-order valence-corrected chi connectivity index (χ0v) is 12.8. The fourth-order valence-electron chi connectivity index (χ4n) is 2.15. The number of anilines is 1. The lowest BCUT2D eigenvalue weighted by Gasteiger charge is -2.22. The molecule has 0 aliphatic carbocycles. The van der Waals surface area contributed by atoms with Gasteiger partial charge in [0.2, 0.25) is 5.91 Å². The van der Waals surface area contributed by atoms with Gasteiger partial charge in [0.15, 0.2) is 0 Å². The number of carbonyl (C=O) groups is 2. The highest BCUT2D eigenvalue weighted by molar-refractivity contribution is 8.00. The van der Waals surface area contributed by atoms with Gasteiger partial charge in [-0.1, -0.05) is 13.3 Å². The van der Waals surface area contributed by atoms with Crippen molar-refractivity contribution in [3.8, 4) is 0 Å². The van der Waals surface area contributed by atoms with E-state index in [1.807, 2.05) is 24.0 Å². The van der Waals surface area contributed by atoms with E-state index in [1.54, 1.807) is 6.07 Å². The summed E-state index contributed by atoms with van der Waals surface area (Å²) >= 11 is 1.51. The molecule has 2 rings (SSSR count). The van der Waals surface area contributed by atoms with Crippen LogP contribution in [0.4, 0.5) is 5.69 Å². The molecule has 4 nitrogen and oxygen atoms in total. The maximum atomic E-state index is 12.5. The molecule has 0 saturated carbocycles. The van der Waals surface area contributed by atoms with Gasteiger partial charge >= 0.3 is 0 Å². The molecule has 0 unspecified atom stereocenters. The summed E-state index contributed by atoms with van der Waals surface area (Å²) in [4.78, 5) is 26.7. The highest BCUT2D eigenvalue weighted by Gasteiger charge is 2.19. The second-order valence-electron chi connectivity index (χ2n) is 4.79. The summed E-state index contributed by atoms with van der Waals surface area (Å²) in [7, 11) is 0.